The van der Waals surface area contributed by atoms with Crippen molar-refractivity contribution in [1.82, 2.24) is 0 Å². The van der Waals surface area contributed by atoms with Gasteiger partial charge in [0.2, 0.25) is 0 Å². The molecule has 0 spiro atoms. The number of fused-ring (bicyclic) bond motifs is 4. The minimum Gasteiger partial charge on any atom is -0.413 e. The van der Waals surface area contributed by atoms with Gasteiger partial charge in [0, 0.05) is 0 Å². The summed E-state index contributed by atoms with van der Waals surface area (Å²) in [7, 11) is -3.14. The van der Waals surface area contributed by atoms with E-state index < -0.39 is 17.2 Å². The zero-order chi connectivity index (χ0) is 12.7. The largest absolute Gasteiger partial charge is 0.472 e. The second-order valence-electron chi connectivity index (χ2n) is 3.79. The van der Waals surface area contributed by atoms with Gasteiger partial charge >= 0.3 is 17.2 Å². The summed E-state index contributed by atoms with van der Waals surface area (Å²) in [5.74, 6) is 2.39. The van der Waals surface area contributed by atoms with Crippen LogP contribution in [0.3, 0.4) is 0 Å². The third kappa shape index (κ3) is 2.10. The quantitative estimate of drug-likeness (QED) is 0.674. The van der Waals surface area contributed by atoms with Crippen molar-refractivity contribution in [2.45, 2.75) is 0 Å². The van der Waals surface area contributed by atoms with E-state index in [1.54, 1.807) is 0 Å². The molecule has 0 radical (unpaired) electrons. The summed E-state index contributed by atoms with van der Waals surface area (Å²) < 4.78 is 28.4. The van der Waals surface area contributed by atoms with Crippen molar-refractivity contribution in [3.8, 4) is 23.0 Å². The molecule has 5 nitrogen and oxygen atoms in total. The second-order valence-corrected chi connectivity index (χ2v) is 6.07. The van der Waals surface area contributed by atoms with Gasteiger partial charge in [0.15, 0.2) is 23.0 Å². The van der Waals surface area contributed by atoms with Crippen LogP contribution in [0.15, 0.2) is 48.5 Å². The number of hydrogen-bond acceptors (Lipinski definition) is 5. The predicted molar refractivity (Wildman–Crippen MR) is 70.3 cm³/mol. The first-order valence-corrected chi connectivity index (χ1v) is 7.76. The van der Waals surface area contributed by atoms with Gasteiger partial charge in [0.25, 0.3) is 0 Å². The average Bonchev–Trinajstić information content (AvgIpc) is 2.70. The van der Waals surface area contributed by atoms with Crippen molar-refractivity contribution in [2.75, 3.05) is 0 Å². The summed E-state index contributed by atoms with van der Waals surface area (Å²) in [5.41, 5.74) is 0. The summed E-state index contributed by atoms with van der Waals surface area (Å²) >= 11 is 0. The molecule has 2 aliphatic rings. The molecule has 0 atom stereocenters. The van der Waals surface area contributed by atoms with E-state index in [2.05, 4.69) is 0 Å². The maximum absolute atomic E-state index is 5.70. The van der Waals surface area contributed by atoms with Crippen molar-refractivity contribution >= 4 is 17.2 Å². The Morgan fingerprint density at radius 1 is 0.526 bits per heavy atom. The minimum atomic E-state index is -1.57. The van der Waals surface area contributed by atoms with Crippen molar-refractivity contribution < 1.29 is 22.4 Å². The molecule has 0 saturated heterocycles. The third-order valence-electron chi connectivity index (χ3n) is 2.52. The lowest BCUT2D eigenvalue weighted by molar-refractivity contribution is 0.390. The summed E-state index contributed by atoms with van der Waals surface area (Å²) in [4.78, 5) is 0. The Bertz CT molecular complexity index is 517. The molecule has 96 valence electrons. The van der Waals surface area contributed by atoms with Crippen LogP contribution in [0, 0.1) is 0 Å². The lowest BCUT2D eigenvalue weighted by atomic mass is 10.3. The van der Waals surface area contributed by atoms with Crippen LogP contribution in [0.25, 0.3) is 0 Å². The van der Waals surface area contributed by atoms with Crippen LogP contribution in [0.4, 0.5) is 0 Å². The second kappa shape index (κ2) is 4.53. The monoisotopic (exact) mass is 294 g/mol. The van der Waals surface area contributed by atoms with Crippen LogP contribution in [0.1, 0.15) is 0 Å². The third-order valence-corrected chi connectivity index (χ3v) is 4.97. The fraction of sp³-hybridized carbons (Fsp3) is 0. The molecule has 2 bridgehead atoms. The Balaban J connectivity index is 1.74. The number of rotatable bonds is 0. The molecule has 2 aromatic rings. The molecule has 2 aliphatic heterocycles. The highest BCUT2D eigenvalue weighted by molar-refractivity contribution is 7.56. The van der Waals surface area contributed by atoms with Crippen LogP contribution in [-0.4, -0.2) is 0 Å². The fourth-order valence-corrected chi connectivity index (χ4v) is 3.97. The van der Waals surface area contributed by atoms with Gasteiger partial charge in [-0.3, -0.25) is 0 Å². The van der Waals surface area contributed by atoms with Gasteiger partial charge in [-0.25, -0.2) is 0 Å². The normalized spacial score (nSPS) is 23.2. The van der Waals surface area contributed by atoms with E-state index in [1.807, 2.05) is 48.5 Å². The molecule has 0 saturated carbocycles. The van der Waals surface area contributed by atoms with E-state index >= 15 is 0 Å². The summed E-state index contributed by atoms with van der Waals surface area (Å²) in [5, 5.41) is 0. The molecular formula is C12H8O5P2. The van der Waals surface area contributed by atoms with Gasteiger partial charge < -0.3 is 18.1 Å². The van der Waals surface area contributed by atoms with E-state index in [0.717, 1.165) is 0 Å². The number of benzene rings is 2. The SMILES string of the molecule is c1ccc2c(c1)OP1Oc3ccccc3OP(O2)O1. The smallest absolute Gasteiger partial charge is 0.413 e. The highest BCUT2D eigenvalue weighted by Crippen LogP contribution is 2.63. The Morgan fingerprint density at radius 3 is 1.16 bits per heavy atom. The van der Waals surface area contributed by atoms with Crippen molar-refractivity contribution in [3.63, 3.8) is 0 Å². The molecule has 0 unspecified atom stereocenters. The Hall–Kier alpha value is -1.54. The highest BCUT2D eigenvalue weighted by atomic mass is 31.2. The molecule has 2 heterocycles. The lowest BCUT2D eigenvalue weighted by Gasteiger charge is -2.13. The standard InChI is InChI=1S/C12H8O5P2/c1-2-6-10-9(5-1)13-18-15-11-7-3-4-8-12(11)16-19(14-10)17-18/h1-8H. The Labute approximate surface area is 112 Å². The van der Waals surface area contributed by atoms with Gasteiger partial charge in [-0.1, -0.05) is 24.3 Å². The van der Waals surface area contributed by atoms with Crippen LogP contribution in [0.2, 0.25) is 0 Å². The first-order chi connectivity index (χ1) is 9.38. The Kier molecular flexibility index (Phi) is 2.70. The summed E-state index contributed by atoms with van der Waals surface area (Å²) in [6, 6.07) is 14.7. The molecular weight excluding hydrogens is 286 g/mol. The van der Waals surface area contributed by atoms with Crippen molar-refractivity contribution in [3.05, 3.63) is 48.5 Å². The average molecular weight is 294 g/mol. The molecule has 0 N–H and O–H groups in total. The van der Waals surface area contributed by atoms with Gasteiger partial charge in [0.1, 0.15) is 0 Å². The Morgan fingerprint density at radius 2 is 0.842 bits per heavy atom. The van der Waals surface area contributed by atoms with Gasteiger partial charge in [-0.2, -0.15) is 4.31 Å². The van der Waals surface area contributed by atoms with Crippen LogP contribution in [0.5, 0.6) is 23.0 Å². The van der Waals surface area contributed by atoms with Gasteiger partial charge in [-0.05, 0) is 24.3 Å². The first kappa shape index (κ1) is 11.3. The van der Waals surface area contributed by atoms with Crippen LogP contribution >= 0.6 is 17.2 Å². The van der Waals surface area contributed by atoms with Crippen LogP contribution in [-0.2, 0) is 4.31 Å². The fourth-order valence-electron chi connectivity index (χ4n) is 1.68. The lowest BCUT2D eigenvalue weighted by Crippen LogP contribution is -1.94. The number of para-hydroxylation sites is 4. The molecule has 0 amide bonds. The molecule has 19 heavy (non-hydrogen) atoms. The maximum atomic E-state index is 5.70. The molecule has 4 rings (SSSR count). The zero-order valence-electron chi connectivity index (χ0n) is 9.55. The highest BCUT2D eigenvalue weighted by Gasteiger charge is 2.37. The topological polar surface area (TPSA) is 46.2 Å². The summed E-state index contributed by atoms with van der Waals surface area (Å²) in [6.45, 7) is 0. The van der Waals surface area contributed by atoms with E-state index in [0.29, 0.717) is 23.0 Å². The van der Waals surface area contributed by atoms with Crippen molar-refractivity contribution in [1.29, 1.82) is 0 Å². The van der Waals surface area contributed by atoms with Crippen LogP contribution < -0.4 is 18.1 Å². The predicted octanol–water partition coefficient (Wildman–Crippen LogP) is 4.40. The van der Waals surface area contributed by atoms with Gasteiger partial charge in [0.05, 0.1) is 0 Å². The number of hydrogen-bond donors (Lipinski definition) is 0. The van der Waals surface area contributed by atoms with E-state index in [-0.39, 0.29) is 0 Å². The van der Waals surface area contributed by atoms with E-state index in [1.165, 1.54) is 0 Å². The molecule has 0 fully saturated rings. The van der Waals surface area contributed by atoms with E-state index in [4.69, 9.17) is 22.4 Å². The van der Waals surface area contributed by atoms with Gasteiger partial charge in [-0.15, -0.1) is 0 Å². The molecule has 7 heteroatoms. The minimum absolute atomic E-state index is 0.599. The molecule has 0 aromatic heterocycles. The summed E-state index contributed by atoms with van der Waals surface area (Å²) in [6.07, 6.45) is 0. The first-order valence-electron chi connectivity index (χ1n) is 5.57. The van der Waals surface area contributed by atoms with E-state index in [9.17, 15) is 0 Å². The molecule has 2 aromatic carbocycles. The van der Waals surface area contributed by atoms with Crippen molar-refractivity contribution in [2.24, 2.45) is 0 Å². The zero-order valence-corrected chi connectivity index (χ0v) is 11.3. The maximum Gasteiger partial charge on any atom is 0.472 e. The molecule has 0 aliphatic carbocycles.